The van der Waals surface area contributed by atoms with Crippen molar-refractivity contribution in [3.63, 3.8) is 0 Å². The van der Waals surface area contributed by atoms with Crippen molar-refractivity contribution in [3.8, 4) is 0 Å². The number of nitrogens with zero attached hydrogens (tertiary/aromatic N) is 5. The molecule has 0 saturated heterocycles. The van der Waals surface area contributed by atoms with E-state index in [2.05, 4.69) is 20.0 Å². The Morgan fingerprint density at radius 1 is 1.29 bits per heavy atom. The van der Waals surface area contributed by atoms with Crippen LogP contribution in [0.5, 0.6) is 0 Å². The highest BCUT2D eigenvalue weighted by molar-refractivity contribution is 5.46. The van der Waals surface area contributed by atoms with Crippen molar-refractivity contribution in [2.75, 3.05) is 11.9 Å². The van der Waals surface area contributed by atoms with Gasteiger partial charge in [0.05, 0.1) is 12.2 Å². The molecule has 0 saturated carbocycles. The second-order valence-electron chi connectivity index (χ2n) is 4.21. The fraction of sp³-hybridized carbons (Fsp3) is 0.417. The summed E-state index contributed by atoms with van der Waals surface area (Å²) in [5.41, 5.74) is 3.30. The molecule has 2 aromatic rings. The number of anilines is 1. The number of rotatable bonds is 3. The van der Waals surface area contributed by atoms with Crippen LogP contribution in [-0.4, -0.2) is 26.8 Å². The zero-order chi connectivity index (χ0) is 12.4. The maximum Gasteiger partial charge on any atom is 0.135 e. The molecule has 0 unspecified atom stereocenters. The summed E-state index contributed by atoms with van der Waals surface area (Å²) in [5.74, 6) is 0.971. The Labute approximate surface area is 101 Å². The molecule has 2 aromatic heterocycles. The van der Waals surface area contributed by atoms with Crippen molar-refractivity contribution >= 4 is 5.82 Å². The smallest absolute Gasteiger partial charge is 0.135 e. The minimum Gasteiger partial charge on any atom is -0.353 e. The Morgan fingerprint density at radius 2 is 2.06 bits per heavy atom. The van der Waals surface area contributed by atoms with Crippen molar-refractivity contribution in [2.45, 2.75) is 20.4 Å². The topological polar surface area (TPSA) is 46.8 Å². The van der Waals surface area contributed by atoms with Crippen LogP contribution in [0, 0.1) is 13.8 Å². The zero-order valence-electron chi connectivity index (χ0n) is 10.7. The van der Waals surface area contributed by atoms with Crippen LogP contribution in [-0.2, 0) is 13.6 Å². The van der Waals surface area contributed by atoms with Gasteiger partial charge in [-0.3, -0.25) is 4.68 Å². The Balaban J connectivity index is 2.23. The molecule has 0 spiro atoms. The van der Waals surface area contributed by atoms with Crippen molar-refractivity contribution < 1.29 is 0 Å². The molecule has 0 N–H and O–H groups in total. The van der Waals surface area contributed by atoms with E-state index in [0.717, 1.165) is 29.3 Å². The fourth-order valence-corrected chi connectivity index (χ4v) is 1.78. The van der Waals surface area contributed by atoms with Gasteiger partial charge < -0.3 is 4.90 Å². The fourth-order valence-electron chi connectivity index (χ4n) is 1.78. The number of aryl methyl sites for hydroxylation is 2. The lowest BCUT2D eigenvalue weighted by Crippen LogP contribution is -2.21. The van der Waals surface area contributed by atoms with Gasteiger partial charge in [0.2, 0.25) is 0 Å². The molecular weight excluding hydrogens is 214 g/mol. The molecule has 0 bridgehead atoms. The van der Waals surface area contributed by atoms with Crippen molar-refractivity contribution in [3.05, 3.63) is 35.5 Å². The molecule has 0 amide bonds. The van der Waals surface area contributed by atoms with Gasteiger partial charge in [0, 0.05) is 31.5 Å². The molecule has 0 aromatic carbocycles. The first kappa shape index (κ1) is 11.6. The number of aromatic nitrogens is 4. The normalized spacial score (nSPS) is 10.6. The van der Waals surface area contributed by atoms with Gasteiger partial charge in [0.1, 0.15) is 12.1 Å². The molecule has 90 valence electrons. The lowest BCUT2D eigenvalue weighted by Gasteiger charge is -2.20. The Hall–Kier alpha value is -1.91. The third-order valence-electron chi connectivity index (χ3n) is 2.99. The minimum absolute atomic E-state index is 0.786. The number of hydrogen-bond donors (Lipinski definition) is 0. The van der Waals surface area contributed by atoms with Gasteiger partial charge in [0.15, 0.2) is 0 Å². The number of hydrogen-bond acceptors (Lipinski definition) is 4. The zero-order valence-corrected chi connectivity index (χ0v) is 10.7. The van der Waals surface area contributed by atoms with Gasteiger partial charge in [-0.2, -0.15) is 5.10 Å². The van der Waals surface area contributed by atoms with E-state index in [1.165, 1.54) is 0 Å². The summed E-state index contributed by atoms with van der Waals surface area (Å²) in [6.45, 7) is 4.83. The Bertz CT molecular complexity index is 517. The Kier molecular flexibility index (Phi) is 3.08. The van der Waals surface area contributed by atoms with Gasteiger partial charge in [-0.25, -0.2) is 9.97 Å². The summed E-state index contributed by atoms with van der Waals surface area (Å²) < 4.78 is 1.87. The van der Waals surface area contributed by atoms with Crippen LogP contribution in [0.3, 0.4) is 0 Å². The van der Waals surface area contributed by atoms with Crippen molar-refractivity contribution in [1.29, 1.82) is 0 Å². The van der Waals surface area contributed by atoms with Crippen LogP contribution in [0.25, 0.3) is 0 Å². The molecular formula is C12H17N5. The molecule has 5 nitrogen and oxygen atoms in total. The van der Waals surface area contributed by atoms with Crippen LogP contribution in [0.1, 0.15) is 17.0 Å². The molecule has 0 aliphatic carbocycles. The lowest BCUT2D eigenvalue weighted by atomic mass is 10.2. The second kappa shape index (κ2) is 4.53. The maximum atomic E-state index is 4.33. The molecule has 2 heterocycles. The van der Waals surface area contributed by atoms with Gasteiger partial charge in [-0.1, -0.05) is 0 Å². The first-order valence-electron chi connectivity index (χ1n) is 5.56. The van der Waals surface area contributed by atoms with E-state index < -0.39 is 0 Å². The molecule has 2 rings (SSSR count). The largest absolute Gasteiger partial charge is 0.353 e. The van der Waals surface area contributed by atoms with Crippen LogP contribution in [0.4, 0.5) is 5.82 Å². The third-order valence-corrected chi connectivity index (χ3v) is 2.99. The predicted molar refractivity (Wildman–Crippen MR) is 66.8 cm³/mol. The summed E-state index contributed by atoms with van der Waals surface area (Å²) in [6.07, 6.45) is 3.42. The van der Waals surface area contributed by atoms with Crippen LogP contribution >= 0.6 is 0 Å². The molecule has 17 heavy (non-hydrogen) atoms. The van der Waals surface area contributed by atoms with Crippen molar-refractivity contribution in [2.24, 2.45) is 7.05 Å². The van der Waals surface area contributed by atoms with Gasteiger partial charge in [-0.05, 0) is 19.9 Å². The molecule has 5 heteroatoms. The summed E-state index contributed by atoms with van der Waals surface area (Å²) >= 11 is 0. The van der Waals surface area contributed by atoms with Gasteiger partial charge in [-0.15, -0.1) is 0 Å². The summed E-state index contributed by atoms with van der Waals surface area (Å²) in [6, 6.07) is 2.01. The summed E-state index contributed by atoms with van der Waals surface area (Å²) in [5, 5.41) is 4.16. The second-order valence-corrected chi connectivity index (χ2v) is 4.21. The monoisotopic (exact) mass is 231 g/mol. The summed E-state index contributed by atoms with van der Waals surface area (Å²) in [7, 11) is 3.98. The standard InChI is InChI=1S/C12H17N5/c1-9-10(2)13-8-14-12(9)16(3)7-11-5-6-15-17(11)4/h5-6,8H,7H2,1-4H3. The first-order chi connectivity index (χ1) is 8.09. The molecule has 0 radical (unpaired) electrons. The van der Waals surface area contributed by atoms with Gasteiger partial charge >= 0.3 is 0 Å². The molecule has 0 atom stereocenters. The van der Waals surface area contributed by atoms with E-state index >= 15 is 0 Å². The van der Waals surface area contributed by atoms with E-state index in [4.69, 9.17) is 0 Å². The SMILES string of the molecule is Cc1ncnc(N(C)Cc2ccnn2C)c1C. The quantitative estimate of drug-likeness (QED) is 0.802. The molecule has 0 aliphatic rings. The summed E-state index contributed by atoms with van der Waals surface area (Å²) in [4.78, 5) is 10.6. The van der Waals surface area contributed by atoms with E-state index in [1.807, 2.05) is 38.7 Å². The van der Waals surface area contributed by atoms with Gasteiger partial charge in [0.25, 0.3) is 0 Å². The highest BCUT2D eigenvalue weighted by atomic mass is 15.3. The van der Waals surface area contributed by atoms with Crippen molar-refractivity contribution in [1.82, 2.24) is 19.7 Å². The van der Waals surface area contributed by atoms with Crippen LogP contribution in [0.2, 0.25) is 0 Å². The Morgan fingerprint density at radius 3 is 2.71 bits per heavy atom. The third kappa shape index (κ3) is 2.27. The van der Waals surface area contributed by atoms with E-state index in [1.54, 1.807) is 12.5 Å². The average molecular weight is 231 g/mol. The average Bonchev–Trinajstić information content (AvgIpc) is 2.68. The van der Waals surface area contributed by atoms with E-state index in [9.17, 15) is 0 Å². The predicted octanol–water partition coefficient (Wildman–Crippen LogP) is 1.46. The van der Waals surface area contributed by atoms with Crippen LogP contribution in [0.15, 0.2) is 18.6 Å². The maximum absolute atomic E-state index is 4.33. The molecule has 0 aliphatic heterocycles. The lowest BCUT2D eigenvalue weighted by molar-refractivity contribution is 0.696. The highest BCUT2D eigenvalue weighted by Gasteiger charge is 2.10. The molecule has 0 fully saturated rings. The first-order valence-corrected chi connectivity index (χ1v) is 5.56. The minimum atomic E-state index is 0.786. The van der Waals surface area contributed by atoms with E-state index in [0.29, 0.717) is 0 Å². The highest BCUT2D eigenvalue weighted by Crippen LogP contribution is 2.18. The van der Waals surface area contributed by atoms with Crippen LogP contribution < -0.4 is 4.90 Å². The van der Waals surface area contributed by atoms with E-state index in [-0.39, 0.29) is 0 Å².